The number of nitrogens with one attached hydrogen (secondary N) is 1. The summed E-state index contributed by atoms with van der Waals surface area (Å²) < 4.78 is 26.5. The number of likely N-dealkylation sites (tertiary alicyclic amines) is 1. The van der Waals surface area contributed by atoms with Gasteiger partial charge in [0, 0.05) is 43.8 Å². The van der Waals surface area contributed by atoms with Gasteiger partial charge in [0.15, 0.2) is 0 Å². The zero-order valence-corrected chi connectivity index (χ0v) is 20.8. The van der Waals surface area contributed by atoms with Crippen LogP contribution in [0.3, 0.4) is 0 Å². The Hall–Kier alpha value is -3.44. The van der Waals surface area contributed by atoms with Crippen LogP contribution in [-0.2, 0) is 21.6 Å². The molecule has 0 spiro atoms. The highest BCUT2D eigenvalue weighted by Crippen LogP contribution is 2.37. The van der Waals surface area contributed by atoms with Crippen molar-refractivity contribution < 1.29 is 23.5 Å². The molecule has 0 saturated carbocycles. The molecule has 2 heterocycles. The summed E-state index contributed by atoms with van der Waals surface area (Å²) in [5.74, 6) is -0.187. The highest BCUT2D eigenvalue weighted by molar-refractivity contribution is 5.98. The number of carbonyl (C=O) groups is 2. The predicted molar refractivity (Wildman–Crippen MR) is 134 cm³/mol. The second-order valence-corrected chi connectivity index (χ2v) is 9.48. The summed E-state index contributed by atoms with van der Waals surface area (Å²) in [5, 5.41) is 11.8. The van der Waals surface area contributed by atoms with Crippen molar-refractivity contribution in [3.63, 3.8) is 0 Å². The molecule has 36 heavy (non-hydrogen) atoms. The Kier molecular flexibility index (Phi) is 7.90. The molecule has 2 saturated heterocycles. The van der Waals surface area contributed by atoms with Crippen LogP contribution < -0.4 is 5.32 Å². The van der Waals surface area contributed by atoms with Gasteiger partial charge < -0.3 is 14.4 Å². The second-order valence-electron chi connectivity index (χ2n) is 9.48. The van der Waals surface area contributed by atoms with Gasteiger partial charge in [0.05, 0.1) is 17.7 Å². The molecule has 0 aromatic heterocycles. The molecule has 2 aromatic rings. The van der Waals surface area contributed by atoms with E-state index < -0.39 is 11.8 Å². The molecule has 2 aliphatic rings. The monoisotopic (exact) mass is 493 g/mol. The molecule has 2 fully saturated rings. The van der Waals surface area contributed by atoms with E-state index >= 15 is 4.39 Å². The molecule has 0 bridgehead atoms. The molecule has 2 aliphatic heterocycles. The Morgan fingerprint density at radius 2 is 1.97 bits per heavy atom. The minimum Gasteiger partial charge on any atom is -0.447 e. The standard InChI is InChI=1S/C28H32FN3O4/c1-3-21-15-19(2)24(16-25(21)31-27(34)36-18-23-5-4-14-35-23)26(33)32-12-10-28(29,11-13-32)22-8-6-20(17-30)7-9-22/h6-9,15-16,23H,3-5,10-14,18H2,1-2H3,(H,31,34)/t23-/m1/s1. The van der Waals surface area contributed by atoms with Gasteiger partial charge in [0.1, 0.15) is 12.3 Å². The lowest BCUT2D eigenvalue weighted by Gasteiger charge is -2.37. The number of carbonyl (C=O) groups excluding carboxylic acids is 2. The maximum Gasteiger partial charge on any atom is 0.411 e. The van der Waals surface area contributed by atoms with E-state index in [1.807, 2.05) is 26.0 Å². The van der Waals surface area contributed by atoms with Crippen LogP contribution in [0.1, 0.15) is 65.2 Å². The average Bonchev–Trinajstić information content (AvgIpc) is 3.42. The summed E-state index contributed by atoms with van der Waals surface area (Å²) in [6, 6.07) is 12.2. The molecule has 0 unspecified atom stereocenters. The number of rotatable bonds is 6. The molecule has 2 amide bonds. The topological polar surface area (TPSA) is 91.7 Å². The van der Waals surface area contributed by atoms with Crippen molar-refractivity contribution in [2.75, 3.05) is 31.6 Å². The highest BCUT2D eigenvalue weighted by atomic mass is 19.1. The quantitative estimate of drug-likeness (QED) is 0.593. The molecule has 0 radical (unpaired) electrons. The van der Waals surface area contributed by atoms with Gasteiger partial charge in [0.25, 0.3) is 5.91 Å². The van der Waals surface area contributed by atoms with Crippen molar-refractivity contribution in [1.82, 2.24) is 4.90 Å². The lowest BCUT2D eigenvalue weighted by Crippen LogP contribution is -2.43. The van der Waals surface area contributed by atoms with E-state index in [1.165, 1.54) is 0 Å². The SMILES string of the molecule is CCc1cc(C)c(C(=O)N2CCC(F)(c3ccc(C#N)cc3)CC2)cc1NC(=O)OC[C@H]1CCCO1. The summed E-state index contributed by atoms with van der Waals surface area (Å²) >= 11 is 0. The number of alkyl halides is 1. The summed E-state index contributed by atoms with van der Waals surface area (Å²) in [4.78, 5) is 27.5. The first-order valence-electron chi connectivity index (χ1n) is 12.5. The Labute approximate surface area is 211 Å². The van der Waals surface area contributed by atoms with Crippen LogP contribution in [0.25, 0.3) is 0 Å². The smallest absolute Gasteiger partial charge is 0.411 e. The summed E-state index contributed by atoms with van der Waals surface area (Å²) in [6.07, 6.45) is 2.22. The van der Waals surface area contributed by atoms with Crippen molar-refractivity contribution in [2.45, 2.75) is 57.7 Å². The van der Waals surface area contributed by atoms with E-state index in [-0.39, 0.29) is 44.5 Å². The second kappa shape index (κ2) is 11.1. The Morgan fingerprint density at radius 1 is 1.25 bits per heavy atom. The van der Waals surface area contributed by atoms with Gasteiger partial charge in [-0.3, -0.25) is 10.1 Å². The third-order valence-corrected chi connectivity index (χ3v) is 7.10. The number of hydrogen-bond donors (Lipinski definition) is 1. The van der Waals surface area contributed by atoms with E-state index in [2.05, 4.69) is 5.32 Å². The lowest BCUT2D eigenvalue weighted by atomic mass is 9.85. The maximum absolute atomic E-state index is 15.7. The predicted octanol–water partition coefficient (Wildman–Crippen LogP) is 5.26. The van der Waals surface area contributed by atoms with Gasteiger partial charge in [-0.1, -0.05) is 25.1 Å². The van der Waals surface area contributed by atoms with Crippen LogP contribution in [0, 0.1) is 18.3 Å². The summed E-state index contributed by atoms with van der Waals surface area (Å²) in [6.45, 7) is 5.28. The summed E-state index contributed by atoms with van der Waals surface area (Å²) in [5.41, 5.74) is 2.21. The average molecular weight is 494 g/mol. The van der Waals surface area contributed by atoms with Crippen molar-refractivity contribution in [1.29, 1.82) is 5.26 Å². The number of aryl methyl sites for hydroxylation is 2. The lowest BCUT2D eigenvalue weighted by molar-refractivity contribution is 0.0420. The highest BCUT2D eigenvalue weighted by Gasteiger charge is 2.38. The number of ether oxygens (including phenoxy) is 2. The van der Waals surface area contributed by atoms with Gasteiger partial charge in [-0.25, -0.2) is 9.18 Å². The Balaban J connectivity index is 1.43. The van der Waals surface area contributed by atoms with E-state index in [1.54, 1.807) is 35.2 Å². The van der Waals surface area contributed by atoms with Crippen molar-refractivity contribution in [2.24, 2.45) is 0 Å². The van der Waals surface area contributed by atoms with Crippen molar-refractivity contribution >= 4 is 17.7 Å². The third-order valence-electron chi connectivity index (χ3n) is 7.10. The van der Waals surface area contributed by atoms with E-state index in [9.17, 15) is 9.59 Å². The van der Waals surface area contributed by atoms with Gasteiger partial charge >= 0.3 is 6.09 Å². The molecule has 8 heteroatoms. The molecular formula is C28H32FN3O4. The molecular weight excluding hydrogens is 461 g/mol. The van der Waals surface area contributed by atoms with Crippen LogP contribution in [0.2, 0.25) is 0 Å². The maximum atomic E-state index is 15.7. The van der Waals surface area contributed by atoms with Crippen LogP contribution in [0.5, 0.6) is 0 Å². The number of amides is 2. The third kappa shape index (κ3) is 5.68. The first kappa shape index (κ1) is 25.6. The fourth-order valence-corrected chi connectivity index (χ4v) is 4.86. The Bertz CT molecular complexity index is 1140. The van der Waals surface area contributed by atoms with Crippen LogP contribution in [0.4, 0.5) is 14.9 Å². The van der Waals surface area contributed by atoms with Crippen LogP contribution >= 0.6 is 0 Å². The summed E-state index contributed by atoms with van der Waals surface area (Å²) in [7, 11) is 0. The number of piperidine rings is 1. The molecule has 2 aromatic carbocycles. The largest absolute Gasteiger partial charge is 0.447 e. The molecule has 4 rings (SSSR count). The first-order valence-corrected chi connectivity index (χ1v) is 12.5. The first-order chi connectivity index (χ1) is 17.3. The van der Waals surface area contributed by atoms with E-state index in [0.717, 1.165) is 24.0 Å². The minimum atomic E-state index is -1.54. The number of hydrogen-bond acceptors (Lipinski definition) is 5. The molecule has 0 aliphatic carbocycles. The number of nitriles is 1. The normalized spacial score (nSPS) is 18.9. The molecule has 1 N–H and O–H groups in total. The van der Waals surface area contributed by atoms with Crippen molar-refractivity contribution in [3.8, 4) is 6.07 Å². The van der Waals surface area contributed by atoms with Gasteiger partial charge in [-0.2, -0.15) is 5.26 Å². The van der Waals surface area contributed by atoms with E-state index in [0.29, 0.717) is 35.4 Å². The number of benzene rings is 2. The van der Waals surface area contributed by atoms with Gasteiger partial charge in [-0.05, 0) is 61.1 Å². The molecule has 7 nitrogen and oxygen atoms in total. The zero-order valence-electron chi connectivity index (χ0n) is 20.8. The van der Waals surface area contributed by atoms with Crippen molar-refractivity contribution in [3.05, 3.63) is 64.2 Å². The van der Waals surface area contributed by atoms with Gasteiger partial charge in [-0.15, -0.1) is 0 Å². The van der Waals surface area contributed by atoms with Gasteiger partial charge in [0.2, 0.25) is 0 Å². The minimum absolute atomic E-state index is 0.0671. The Morgan fingerprint density at radius 3 is 2.58 bits per heavy atom. The number of nitrogens with zero attached hydrogens (tertiary/aromatic N) is 2. The van der Waals surface area contributed by atoms with Crippen LogP contribution in [-0.4, -0.2) is 49.3 Å². The van der Waals surface area contributed by atoms with E-state index in [4.69, 9.17) is 14.7 Å². The van der Waals surface area contributed by atoms with Crippen LogP contribution in [0.15, 0.2) is 36.4 Å². The molecule has 190 valence electrons. The fraction of sp³-hybridized carbons (Fsp3) is 0.464. The number of halogens is 1. The molecule has 1 atom stereocenters. The number of anilines is 1. The fourth-order valence-electron chi connectivity index (χ4n) is 4.86. The zero-order chi connectivity index (χ0) is 25.7.